The fourth-order valence-electron chi connectivity index (χ4n) is 5.23. The number of benzene rings is 4. The van der Waals surface area contributed by atoms with E-state index in [1.54, 1.807) is 0 Å². The molecule has 5 rings (SSSR count). The molecule has 4 aromatic carbocycles. The first-order chi connectivity index (χ1) is 21.8. The normalized spacial score (nSPS) is 21.7. The molecule has 1 heterocycles. The molecule has 6 nitrogen and oxygen atoms in total. The van der Waals surface area contributed by atoms with Crippen molar-refractivity contribution >= 4 is 0 Å². The maximum Gasteiger partial charge on any atom is 0.186 e. The van der Waals surface area contributed by atoms with E-state index >= 15 is 0 Å². The molecular formula is C38H44O6. The average molecular weight is 597 g/mol. The van der Waals surface area contributed by atoms with Crippen LogP contribution in [0.3, 0.4) is 0 Å². The summed E-state index contributed by atoms with van der Waals surface area (Å²) in [6.07, 6.45) is -0.622. The minimum atomic E-state index is -0.645. The second-order valence-corrected chi connectivity index (χ2v) is 11.1. The van der Waals surface area contributed by atoms with Gasteiger partial charge in [0.2, 0.25) is 0 Å². The van der Waals surface area contributed by atoms with Crippen LogP contribution in [-0.2, 0) is 54.8 Å². The monoisotopic (exact) mass is 596 g/mol. The summed E-state index contributed by atoms with van der Waals surface area (Å²) in [5, 5.41) is 0. The van der Waals surface area contributed by atoms with Crippen LogP contribution in [0.2, 0.25) is 0 Å². The van der Waals surface area contributed by atoms with Crippen LogP contribution >= 0.6 is 0 Å². The van der Waals surface area contributed by atoms with Gasteiger partial charge in [0.05, 0.1) is 33.0 Å². The van der Waals surface area contributed by atoms with Gasteiger partial charge in [0, 0.05) is 6.61 Å². The van der Waals surface area contributed by atoms with Crippen molar-refractivity contribution in [2.75, 3.05) is 13.2 Å². The third kappa shape index (κ3) is 9.83. The summed E-state index contributed by atoms with van der Waals surface area (Å²) in [5.74, 6) is 0. The summed E-state index contributed by atoms with van der Waals surface area (Å²) < 4.78 is 39.3. The zero-order valence-corrected chi connectivity index (χ0v) is 25.5. The summed E-state index contributed by atoms with van der Waals surface area (Å²) in [5.41, 5.74) is 4.31. The fourth-order valence-corrected chi connectivity index (χ4v) is 5.23. The quantitative estimate of drug-likeness (QED) is 0.118. The molecule has 1 saturated heterocycles. The Kier molecular flexibility index (Phi) is 13.0. The van der Waals surface area contributed by atoms with Crippen LogP contribution in [0, 0.1) is 0 Å². The number of ether oxygens (including phenoxy) is 6. The van der Waals surface area contributed by atoms with Gasteiger partial charge in [-0.25, -0.2) is 0 Å². The highest BCUT2D eigenvalue weighted by Gasteiger charge is 2.49. The highest BCUT2D eigenvalue weighted by Crippen LogP contribution is 2.31. The number of hydrogen-bond donors (Lipinski definition) is 0. The summed E-state index contributed by atoms with van der Waals surface area (Å²) >= 11 is 0. The molecule has 0 bridgehead atoms. The topological polar surface area (TPSA) is 55.4 Å². The molecule has 5 atom stereocenters. The molecule has 4 aromatic rings. The maximum atomic E-state index is 6.74. The van der Waals surface area contributed by atoms with Crippen molar-refractivity contribution in [3.8, 4) is 0 Å². The molecule has 0 aliphatic carbocycles. The Morgan fingerprint density at radius 1 is 0.500 bits per heavy atom. The second kappa shape index (κ2) is 17.8. The van der Waals surface area contributed by atoms with Gasteiger partial charge in [-0.2, -0.15) is 0 Å². The van der Waals surface area contributed by atoms with Gasteiger partial charge < -0.3 is 28.4 Å². The zero-order chi connectivity index (χ0) is 30.2. The molecule has 1 aliphatic heterocycles. The van der Waals surface area contributed by atoms with Crippen molar-refractivity contribution in [2.45, 2.75) is 76.9 Å². The molecule has 0 aromatic heterocycles. The molecule has 0 radical (unpaired) electrons. The average Bonchev–Trinajstić information content (AvgIpc) is 3.08. The van der Waals surface area contributed by atoms with Gasteiger partial charge in [-0.1, -0.05) is 135 Å². The van der Waals surface area contributed by atoms with Crippen LogP contribution in [0.1, 0.15) is 42.0 Å². The van der Waals surface area contributed by atoms with E-state index in [-0.39, 0.29) is 0 Å². The lowest BCUT2D eigenvalue weighted by Gasteiger charge is -2.46. The van der Waals surface area contributed by atoms with Gasteiger partial charge in [-0.05, 0) is 28.7 Å². The lowest BCUT2D eigenvalue weighted by atomic mass is 9.97. The Morgan fingerprint density at radius 3 is 1.41 bits per heavy atom. The van der Waals surface area contributed by atoms with E-state index < -0.39 is 30.7 Å². The van der Waals surface area contributed by atoms with Crippen LogP contribution in [0.5, 0.6) is 0 Å². The van der Waals surface area contributed by atoms with Crippen molar-refractivity contribution in [1.82, 2.24) is 0 Å². The van der Waals surface area contributed by atoms with E-state index in [4.69, 9.17) is 28.4 Å². The van der Waals surface area contributed by atoms with Gasteiger partial charge in [0.25, 0.3) is 0 Å². The molecule has 0 amide bonds. The van der Waals surface area contributed by atoms with Crippen molar-refractivity contribution in [3.63, 3.8) is 0 Å². The lowest BCUT2D eigenvalue weighted by molar-refractivity contribution is -0.328. The molecule has 232 valence electrons. The van der Waals surface area contributed by atoms with E-state index in [0.717, 1.165) is 35.1 Å². The minimum Gasteiger partial charge on any atom is -0.374 e. The molecular weight excluding hydrogens is 552 g/mol. The molecule has 1 aliphatic rings. The van der Waals surface area contributed by atoms with E-state index in [9.17, 15) is 0 Å². The Morgan fingerprint density at radius 2 is 0.932 bits per heavy atom. The Bertz CT molecular complexity index is 1300. The van der Waals surface area contributed by atoms with E-state index in [0.29, 0.717) is 39.6 Å². The smallest absolute Gasteiger partial charge is 0.186 e. The number of unbranched alkanes of at least 4 members (excludes halogenated alkanes) is 1. The molecule has 44 heavy (non-hydrogen) atoms. The first kappa shape index (κ1) is 32.0. The molecule has 0 saturated carbocycles. The summed E-state index contributed by atoms with van der Waals surface area (Å²) in [6, 6.07) is 40.6. The van der Waals surface area contributed by atoms with Gasteiger partial charge in [-0.3, -0.25) is 0 Å². The largest absolute Gasteiger partial charge is 0.374 e. The molecule has 0 spiro atoms. The summed E-state index contributed by atoms with van der Waals surface area (Å²) in [4.78, 5) is 0. The highest BCUT2D eigenvalue weighted by atomic mass is 16.7. The van der Waals surface area contributed by atoms with Gasteiger partial charge >= 0.3 is 0 Å². The minimum absolute atomic E-state index is 0.318. The van der Waals surface area contributed by atoms with E-state index in [2.05, 4.69) is 55.5 Å². The molecule has 0 unspecified atom stereocenters. The lowest BCUT2D eigenvalue weighted by Crippen LogP contribution is -2.61. The Labute approximate surface area is 261 Å². The van der Waals surface area contributed by atoms with Crippen molar-refractivity contribution in [2.24, 2.45) is 0 Å². The van der Waals surface area contributed by atoms with Crippen molar-refractivity contribution < 1.29 is 28.4 Å². The van der Waals surface area contributed by atoms with Gasteiger partial charge in [0.15, 0.2) is 6.29 Å². The van der Waals surface area contributed by atoms with Crippen LogP contribution in [0.15, 0.2) is 121 Å². The van der Waals surface area contributed by atoms with Gasteiger partial charge in [0.1, 0.15) is 24.4 Å². The predicted molar refractivity (Wildman–Crippen MR) is 171 cm³/mol. The SMILES string of the molecule is CCCCO[C@@H]1O[C@H](COCc2ccccc2)[C@@H](OCc2ccccc2)[C@H](OCc2ccccc2)[C@H]1OCc1ccccc1. The van der Waals surface area contributed by atoms with Crippen LogP contribution in [0.4, 0.5) is 0 Å². The van der Waals surface area contributed by atoms with E-state index in [1.165, 1.54) is 0 Å². The molecule has 1 fully saturated rings. The third-order valence-electron chi connectivity index (χ3n) is 7.62. The summed E-state index contributed by atoms with van der Waals surface area (Å²) in [6.45, 7) is 4.70. The van der Waals surface area contributed by atoms with Crippen LogP contribution < -0.4 is 0 Å². The Balaban J connectivity index is 1.41. The van der Waals surface area contributed by atoms with Gasteiger partial charge in [-0.15, -0.1) is 0 Å². The second-order valence-electron chi connectivity index (χ2n) is 11.1. The van der Waals surface area contributed by atoms with Crippen LogP contribution in [-0.4, -0.2) is 43.9 Å². The van der Waals surface area contributed by atoms with E-state index in [1.807, 2.05) is 72.8 Å². The summed E-state index contributed by atoms with van der Waals surface area (Å²) in [7, 11) is 0. The third-order valence-corrected chi connectivity index (χ3v) is 7.62. The first-order valence-corrected chi connectivity index (χ1v) is 15.7. The number of hydrogen-bond acceptors (Lipinski definition) is 6. The van der Waals surface area contributed by atoms with Crippen molar-refractivity contribution in [3.05, 3.63) is 144 Å². The maximum absolute atomic E-state index is 6.74. The molecule has 6 heteroatoms. The first-order valence-electron chi connectivity index (χ1n) is 15.7. The zero-order valence-electron chi connectivity index (χ0n) is 25.5. The fraction of sp³-hybridized carbons (Fsp3) is 0.368. The van der Waals surface area contributed by atoms with Crippen LogP contribution in [0.25, 0.3) is 0 Å². The van der Waals surface area contributed by atoms with Crippen molar-refractivity contribution in [1.29, 1.82) is 0 Å². The Hall–Kier alpha value is -3.36. The highest BCUT2D eigenvalue weighted by molar-refractivity contribution is 5.16. The predicted octanol–water partition coefficient (Wildman–Crippen LogP) is 7.50. The number of rotatable bonds is 17. The standard InChI is InChI=1S/C38H44O6/c1-2-3-24-40-38-37(43-28-33-22-14-7-15-23-33)36(42-27-32-20-12-6-13-21-32)35(41-26-31-18-10-5-11-19-31)34(44-38)29-39-25-30-16-8-4-9-17-30/h4-23,34-38H,2-3,24-29H2,1H3/t34-,35-,36+,37-,38-/m1/s1. The molecule has 0 N–H and O–H groups in total.